The predicted octanol–water partition coefficient (Wildman–Crippen LogP) is 4.13. The maximum absolute atomic E-state index is 13.1. The molecule has 0 bridgehead atoms. The van der Waals surface area contributed by atoms with Gasteiger partial charge in [-0.25, -0.2) is 12.8 Å². The Bertz CT molecular complexity index is 1250. The topological polar surface area (TPSA) is 97.2 Å². The van der Waals surface area contributed by atoms with Crippen molar-refractivity contribution in [1.29, 1.82) is 0 Å². The highest BCUT2D eigenvalue weighted by Crippen LogP contribution is 2.31. The van der Waals surface area contributed by atoms with Gasteiger partial charge in [0.15, 0.2) is 5.16 Å². The van der Waals surface area contributed by atoms with E-state index < -0.39 is 10.0 Å². The zero-order chi connectivity index (χ0) is 24.8. The third-order valence-electron chi connectivity index (χ3n) is 5.78. The van der Waals surface area contributed by atoms with Gasteiger partial charge >= 0.3 is 0 Å². The van der Waals surface area contributed by atoms with Crippen LogP contribution in [0.4, 0.5) is 10.1 Å². The second-order valence-electron chi connectivity index (χ2n) is 8.35. The zero-order valence-corrected chi connectivity index (χ0v) is 21.1. The number of carbonyl (C=O) groups excluding carboxylic acids is 1. The summed E-state index contributed by atoms with van der Waals surface area (Å²) in [5.74, 6) is 0.200. The molecular formula is C24H28FN5O3S2. The summed E-state index contributed by atoms with van der Waals surface area (Å²) in [7, 11) is -3.58. The van der Waals surface area contributed by atoms with E-state index in [4.69, 9.17) is 0 Å². The third kappa shape index (κ3) is 6.09. The number of sulfonamides is 1. The summed E-state index contributed by atoms with van der Waals surface area (Å²) in [5.41, 5.74) is 0.523. The van der Waals surface area contributed by atoms with E-state index in [1.54, 1.807) is 30.3 Å². The fourth-order valence-electron chi connectivity index (χ4n) is 4.12. The van der Waals surface area contributed by atoms with E-state index in [-0.39, 0.29) is 23.4 Å². The van der Waals surface area contributed by atoms with E-state index in [0.29, 0.717) is 35.4 Å². The molecule has 1 fully saturated rings. The number of nitrogens with one attached hydrogen (secondary N) is 1. The fourth-order valence-corrected chi connectivity index (χ4v) is 6.43. The molecule has 1 atom stereocenters. The van der Waals surface area contributed by atoms with Crippen molar-refractivity contribution >= 4 is 33.4 Å². The molecule has 186 valence electrons. The molecule has 35 heavy (non-hydrogen) atoms. The Morgan fingerprint density at radius 1 is 1.14 bits per heavy atom. The number of nitrogens with zero attached hydrogens (tertiary/aromatic N) is 4. The number of amides is 1. The Morgan fingerprint density at radius 3 is 2.60 bits per heavy atom. The number of benzene rings is 2. The number of hydrogen-bond donors (Lipinski definition) is 1. The van der Waals surface area contributed by atoms with E-state index in [1.165, 1.54) is 40.3 Å². The second kappa shape index (κ2) is 11.3. The lowest BCUT2D eigenvalue weighted by atomic mass is 9.99. The Labute approximate surface area is 209 Å². The van der Waals surface area contributed by atoms with E-state index in [1.807, 2.05) is 11.5 Å². The first-order valence-electron chi connectivity index (χ1n) is 11.5. The van der Waals surface area contributed by atoms with Gasteiger partial charge in [-0.05, 0) is 55.7 Å². The molecule has 4 rings (SSSR count). The first-order chi connectivity index (χ1) is 16.9. The molecule has 0 aliphatic carbocycles. The molecular weight excluding hydrogens is 489 g/mol. The van der Waals surface area contributed by atoms with E-state index >= 15 is 0 Å². The molecule has 1 amide bonds. The SMILES string of the molecule is CCCn1c(SCC(=O)Nc2ccc(F)cc2)nnc1C1CCCN(S(=O)(=O)c2ccccc2)C1. The van der Waals surface area contributed by atoms with Crippen molar-refractivity contribution in [3.8, 4) is 0 Å². The van der Waals surface area contributed by atoms with Crippen LogP contribution in [0.1, 0.15) is 37.9 Å². The van der Waals surface area contributed by atoms with Gasteiger partial charge in [-0.15, -0.1) is 10.2 Å². The van der Waals surface area contributed by atoms with Gasteiger partial charge in [0.25, 0.3) is 0 Å². The largest absolute Gasteiger partial charge is 0.325 e. The van der Waals surface area contributed by atoms with E-state index in [9.17, 15) is 17.6 Å². The van der Waals surface area contributed by atoms with Gasteiger partial charge in [0.1, 0.15) is 11.6 Å². The number of halogens is 1. The molecule has 1 aliphatic heterocycles. The lowest BCUT2D eigenvalue weighted by molar-refractivity contribution is -0.113. The Kier molecular flexibility index (Phi) is 8.19. The van der Waals surface area contributed by atoms with Gasteiger partial charge < -0.3 is 9.88 Å². The van der Waals surface area contributed by atoms with Crippen LogP contribution < -0.4 is 5.32 Å². The second-order valence-corrected chi connectivity index (χ2v) is 11.2. The standard InChI is InChI=1S/C24H28FN5O3S2/c1-2-14-30-23(18-7-6-15-29(16-18)35(32,33)21-8-4-3-5-9-21)27-28-24(30)34-17-22(31)26-20-12-10-19(25)11-13-20/h3-5,8-13,18H,2,6-7,14-17H2,1H3,(H,26,31). The summed E-state index contributed by atoms with van der Waals surface area (Å²) < 4.78 is 42.9. The van der Waals surface area contributed by atoms with E-state index in [2.05, 4.69) is 15.5 Å². The van der Waals surface area contributed by atoms with Crippen molar-refractivity contribution in [2.45, 2.75) is 48.7 Å². The molecule has 11 heteroatoms. The maximum Gasteiger partial charge on any atom is 0.243 e. The van der Waals surface area contributed by atoms with Crippen LogP contribution in [-0.4, -0.2) is 52.2 Å². The smallest absolute Gasteiger partial charge is 0.243 e. The molecule has 8 nitrogen and oxygen atoms in total. The summed E-state index contributed by atoms with van der Waals surface area (Å²) in [6, 6.07) is 14.1. The molecule has 3 aromatic rings. The van der Waals surface area contributed by atoms with E-state index in [0.717, 1.165) is 25.1 Å². The third-order valence-corrected chi connectivity index (χ3v) is 8.63. The average Bonchev–Trinajstić information content (AvgIpc) is 3.27. The highest BCUT2D eigenvalue weighted by atomic mass is 32.2. The first-order valence-corrected chi connectivity index (χ1v) is 14.0. The number of piperidine rings is 1. The highest BCUT2D eigenvalue weighted by Gasteiger charge is 2.33. The minimum atomic E-state index is -3.58. The average molecular weight is 518 g/mol. The molecule has 1 aliphatic rings. The summed E-state index contributed by atoms with van der Waals surface area (Å²) in [5, 5.41) is 12.1. The van der Waals surface area contributed by atoms with Crippen LogP contribution in [0.3, 0.4) is 0 Å². The summed E-state index contributed by atoms with van der Waals surface area (Å²) in [6.45, 7) is 3.54. The zero-order valence-electron chi connectivity index (χ0n) is 19.4. The van der Waals surface area contributed by atoms with Crippen LogP contribution >= 0.6 is 11.8 Å². The van der Waals surface area contributed by atoms with Gasteiger partial charge in [-0.2, -0.15) is 4.31 Å². The highest BCUT2D eigenvalue weighted by molar-refractivity contribution is 7.99. The summed E-state index contributed by atoms with van der Waals surface area (Å²) >= 11 is 1.28. The molecule has 0 radical (unpaired) electrons. The van der Waals surface area contributed by atoms with Gasteiger partial charge in [0, 0.05) is 31.2 Å². The van der Waals surface area contributed by atoms with Crippen molar-refractivity contribution in [1.82, 2.24) is 19.1 Å². The number of anilines is 1. The molecule has 1 unspecified atom stereocenters. The van der Waals surface area contributed by atoms with Crippen LogP contribution in [-0.2, 0) is 21.4 Å². The van der Waals surface area contributed by atoms with Gasteiger partial charge in [0.2, 0.25) is 15.9 Å². The molecule has 1 aromatic heterocycles. The van der Waals surface area contributed by atoms with Crippen LogP contribution in [0.2, 0.25) is 0 Å². The molecule has 0 saturated carbocycles. The molecule has 0 spiro atoms. The van der Waals surface area contributed by atoms with Crippen molar-refractivity contribution in [2.24, 2.45) is 0 Å². The number of carbonyl (C=O) groups is 1. The van der Waals surface area contributed by atoms with Crippen molar-refractivity contribution in [3.63, 3.8) is 0 Å². The summed E-state index contributed by atoms with van der Waals surface area (Å²) in [6.07, 6.45) is 2.40. The van der Waals surface area contributed by atoms with Gasteiger partial charge in [-0.3, -0.25) is 4.79 Å². The van der Waals surface area contributed by atoms with Crippen molar-refractivity contribution < 1.29 is 17.6 Å². The lowest BCUT2D eigenvalue weighted by Gasteiger charge is -2.31. The lowest BCUT2D eigenvalue weighted by Crippen LogP contribution is -2.39. The number of hydrogen-bond acceptors (Lipinski definition) is 6. The number of rotatable bonds is 9. The number of thioether (sulfide) groups is 1. The number of aromatic nitrogens is 3. The van der Waals surface area contributed by atoms with Crippen LogP contribution in [0.5, 0.6) is 0 Å². The van der Waals surface area contributed by atoms with Gasteiger partial charge in [0.05, 0.1) is 10.6 Å². The Balaban J connectivity index is 1.45. The first kappa shape index (κ1) is 25.3. The Hall–Kier alpha value is -2.76. The Morgan fingerprint density at radius 2 is 1.89 bits per heavy atom. The maximum atomic E-state index is 13.1. The molecule has 1 N–H and O–H groups in total. The fraction of sp³-hybridized carbons (Fsp3) is 0.375. The van der Waals surface area contributed by atoms with Crippen LogP contribution in [0.15, 0.2) is 64.6 Å². The van der Waals surface area contributed by atoms with Crippen molar-refractivity contribution in [2.75, 3.05) is 24.2 Å². The minimum Gasteiger partial charge on any atom is -0.325 e. The molecule has 2 aromatic carbocycles. The quantitative estimate of drug-likeness (QED) is 0.429. The van der Waals surface area contributed by atoms with Crippen molar-refractivity contribution in [3.05, 3.63) is 66.2 Å². The molecule has 2 heterocycles. The predicted molar refractivity (Wildman–Crippen MR) is 133 cm³/mol. The van der Waals surface area contributed by atoms with Gasteiger partial charge in [-0.1, -0.05) is 36.9 Å². The van der Waals surface area contributed by atoms with Crippen LogP contribution in [0.25, 0.3) is 0 Å². The minimum absolute atomic E-state index is 0.0799. The molecule has 1 saturated heterocycles. The monoisotopic (exact) mass is 517 g/mol. The normalized spacial score (nSPS) is 16.8. The van der Waals surface area contributed by atoms with Crippen LogP contribution in [0, 0.1) is 5.82 Å². The summed E-state index contributed by atoms with van der Waals surface area (Å²) in [4.78, 5) is 12.7.